The maximum absolute atomic E-state index is 12.7. The maximum atomic E-state index is 12.7. The summed E-state index contributed by atoms with van der Waals surface area (Å²) in [5, 5.41) is 5.11. The van der Waals surface area contributed by atoms with E-state index >= 15 is 0 Å². The molecule has 0 radical (unpaired) electrons. The van der Waals surface area contributed by atoms with Crippen LogP contribution in [-0.4, -0.2) is 36.4 Å². The van der Waals surface area contributed by atoms with Gasteiger partial charge in [-0.3, -0.25) is 14.5 Å². The fourth-order valence-corrected chi connectivity index (χ4v) is 4.20. The van der Waals surface area contributed by atoms with E-state index in [1.807, 2.05) is 19.1 Å². The monoisotopic (exact) mass is 373 g/mol. The fourth-order valence-electron chi connectivity index (χ4n) is 3.40. The van der Waals surface area contributed by atoms with Crippen molar-refractivity contribution in [3.05, 3.63) is 46.8 Å². The molecule has 2 aromatic rings. The first-order valence-corrected chi connectivity index (χ1v) is 9.47. The summed E-state index contributed by atoms with van der Waals surface area (Å²) >= 11 is 1.30. The largest absolute Gasteiger partial charge is 0.497 e. The van der Waals surface area contributed by atoms with E-state index < -0.39 is 5.91 Å². The lowest BCUT2D eigenvalue weighted by Crippen LogP contribution is -2.41. The van der Waals surface area contributed by atoms with Crippen LogP contribution in [0, 0.1) is 0 Å². The average molecular weight is 373 g/mol. The number of likely N-dealkylation sites (tertiary alicyclic amines) is 1. The highest BCUT2D eigenvalue weighted by Gasteiger charge is 2.33. The molecule has 1 aliphatic heterocycles. The molecule has 3 rings (SSSR count). The highest BCUT2D eigenvalue weighted by Crippen LogP contribution is 2.34. The molecule has 26 heavy (non-hydrogen) atoms. The van der Waals surface area contributed by atoms with Gasteiger partial charge in [0, 0.05) is 6.04 Å². The molecule has 1 aromatic carbocycles. The molecular weight excluding hydrogens is 350 g/mol. The normalized spacial score (nSPS) is 18.5. The highest BCUT2D eigenvalue weighted by atomic mass is 32.1. The fraction of sp³-hybridized carbons (Fsp3) is 0.368. The molecule has 3 N–H and O–H groups in total. The number of anilines is 1. The van der Waals surface area contributed by atoms with E-state index in [1.54, 1.807) is 18.6 Å². The number of primary amides is 1. The van der Waals surface area contributed by atoms with Crippen LogP contribution in [0.5, 0.6) is 5.75 Å². The number of hydrogen-bond donors (Lipinski definition) is 2. The van der Waals surface area contributed by atoms with Gasteiger partial charge >= 0.3 is 0 Å². The van der Waals surface area contributed by atoms with Crippen LogP contribution >= 0.6 is 11.3 Å². The summed E-state index contributed by atoms with van der Waals surface area (Å²) < 4.78 is 5.22. The van der Waals surface area contributed by atoms with Gasteiger partial charge in [-0.1, -0.05) is 12.1 Å². The van der Waals surface area contributed by atoms with E-state index in [9.17, 15) is 9.59 Å². The molecule has 138 valence electrons. The number of carbonyl (C=O) groups is 2. The topological polar surface area (TPSA) is 84.7 Å². The van der Waals surface area contributed by atoms with Crippen LogP contribution in [-0.2, 0) is 4.79 Å². The third-order valence-corrected chi connectivity index (χ3v) is 5.67. The summed E-state index contributed by atoms with van der Waals surface area (Å²) in [6, 6.07) is 9.51. The lowest BCUT2D eigenvalue weighted by atomic mass is 10.0. The number of ether oxygens (including phenoxy) is 1. The van der Waals surface area contributed by atoms with Gasteiger partial charge in [-0.2, -0.15) is 0 Å². The Balaban J connectivity index is 1.72. The van der Waals surface area contributed by atoms with Crippen molar-refractivity contribution in [2.45, 2.75) is 31.8 Å². The summed E-state index contributed by atoms with van der Waals surface area (Å²) in [7, 11) is 1.65. The smallest absolute Gasteiger partial charge is 0.251 e. The second-order valence-corrected chi connectivity index (χ2v) is 7.28. The lowest BCUT2D eigenvalue weighted by Gasteiger charge is -2.30. The van der Waals surface area contributed by atoms with E-state index in [2.05, 4.69) is 22.3 Å². The van der Waals surface area contributed by atoms with Crippen LogP contribution in [0.25, 0.3) is 0 Å². The van der Waals surface area contributed by atoms with E-state index in [4.69, 9.17) is 10.5 Å². The Labute approximate surface area is 156 Å². The second-order valence-electron chi connectivity index (χ2n) is 6.36. The van der Waals surface area contributed by atoms with Crippen molar-refractivity contribution in [1.29, 1.82) is 0 Å². The van der Waals surface area contributed by atoms with Crippen LogP contribution < -0.4 is 15.8 Å². The molecule has 0 spiro atoms. The molecule has 6 nitrogen and oxygen atoms in total. The van der Waals surface area contributed by atoms with Gasteiger partial charge in [0.2, 0.25) is 5.91 Å². The third-order valence-electron chi connectivity index (χ3n) is 4.84. The Morgan fingerprint density at radius 3 is 2.69 bits per heavy atom. The molecule has 7 heteroatoms. The third kappa shape index (κ3) is 3.73. The standard InChI is InChI=1S/C19H23N3O3S/c1-12(18(24)21-19-15(17(20)23)9-11-26-19)22-10-3-4-16(22)13-5-7-14(25-2)8-6-13/h5-9,11-12,16H,3-4,10H2,1-2H3,(H2,20,23)(H,21,24)/t12-,16+/m0/s1. The minimum atomic E-state index is -0.536. The first-order valence-electron chi connectivity index (χ1n) is 8.59. The predicted molar refractivity (Wildman–Crippen MR) is 103 cm³/mol. The second kappa shape index (κ2) is 7.88. The van der Waals surface area contributed by atoms with Gasteiger partial charge < -0.3 is 15.8 Å². The van der Waals surface area contributed by atoms with Crippen LogP contribution in [0.2, 0.25) is 0 Å². The predicted octanol–water partition coefficient (Wildman–Crippen LogP) is 3.02. The number of nitrogens with zero attached hydrogens (tertiary/aromatic N) is 1. The van der Waals surface area contributed by atoms with Crippen LogP contribution in [0.15, 0.2) is 35.7 Å². The van der Waals surface area contributed by atoms with Gasteiger partial charge in [0.1, 0.15) is 10.8 Å². The number of nitrogens with one attached hydrogen (secondary N) is 1. The zero-order valence-corrected chi connectivity index (χ0v) is 15.7. The zero-order valence-electron chi connectivity index (χ0n) is 14.9. The zero-order chi connectivity index (χ0) is 18.7. The van der Waals surface area contributed by atoms with Gasteiger partial charge in [-0.05, 0) is 55.5 Å². The van der Waals surface area contributed by atoms with Crippen molar-refractivity contribution >= 4 is 28.2 Å². The van der Waals surface area contributed by atoms with Crippen molar-refractivity contribution in [2.75, 3.05) is 19.0 Å². The summed E-state index contributed by atoms with van der Waals surface area (Å²) in [6.45, 7) is 2.76. The number of carbonyl (C=O) groups excluding carboxylic acids is 2. The van der Waals surface area contributed by atoms with Gasteiger partial charge in [0.25, 0.3) is 5.91 Å². The number of nitrogens with two attached hydrogens (primary N) is 1. The summed E-state index contributed by atoms with van der Waals surface area (Å²) in [6.07, 6.45) is 2.05. The van der Waals surface area contributed by atoms with Crippen molar-refractivity contribution in [1.82, 2.24) is 4.90 Å². The van der Waals surface area contributed by atoms with Gasteiger partial charge in [0.05, 0.1) is 18.7 Å². The average Bonchev–Trinajstić information content (AvgIpc) is 3.30. The molecule has 0 saturated carbocycles. The SMILES string of the molecule is COc1ccc([C@H]2CCCN2[C@@H](C)C(=O)Nc2sccc2C(N)=O)cc1. The molecule has 2 heterocycles. The van der Waals surface area contributed by atoms with E-state index in [0.717, 1.165) is 25.1 Å². The van der Waals surface area contributed by atoms with Crippen molar-refractivity contribution in [3.63, 3.8) is 0 Å². The van der Waals surface area contributed by atoms with Crippen LogP contribution in [0.4, 0.5) is 5.00 Å². The van der Waals surface area contributed by atoms with E-state index in [-0.39, 0.29) is 18.0 Å². The van der Waals surface area contributed by atoms with Crippen molar-refractivity contribution in [2.24, 2.45) is 5.73 Å². The maximum Gasteiger partial charge on any atom is 0.251 e. The summed E-state index contributed by atoms with van der Waals surface area (Å²) in [5.74, 6) is 0.155. The summed E-state index contributed by atoms with van der Waals surface area (Å²) in [4.78, 5) is 26.4. The number of hydrogen-bond acceptors (Lipinski definition) is 5. The Bertz CT molecular complexity index is 788. The molecule has 2 atom stereocenters. The Hall–Kier alpha value is -2.38. The first kappa shape index (κ1) is 18.4. The molecule has 0 bridgehead atoms. The highest BCUT2D eigenvalue weighted by molar-refractivity contribution is 7.14. The van der Waals surface area contributed by atoms with Gasteiger partial charge in [-0.15, -0.1) is 11.3 Å². The first-order chi connectivity index (χ1) is 12.5. The molecule has 0 unspecified atom stereocenters. The Morgan fingerprint density at radius 1 is 1.31 bits per heavy atom. The van der Waals surface area contributed by atoms with Crippen LogP contribution in [0.1, 0.15) is 41.7 Å². The Morgan fingerprint density at radius 2 is 2.04 bits per heavy atom. The molecule has 2 amide bonds. The molecule has 1 aromatic heterocycles. The minimum Gasteiger partial charge on any atom is -0.497 e. The molecule has 1 fully saturated rings. The number of rotatable bonds is 6. The van der Waals surface area contributed by atoms with Crippen LogP contribution in [0.3, 0.4) is 0 Å². The lowest BCUT2D eigenvalue weighted by molar-refractivity contribution is -0.121. The molecule has 1 aliphatic rings. The quantitative estimate of drug-likeness (QED) is 0.815. The Kier molecular flexibility index (Phi) is 5.58. The number of amides is 2. The minimum absolute atomic E-state index is 0.129. The number of thiophene rings is 1. The molecular formula is C19H23N3O3S. The number of methoxy groups -OCH3 is 1. The molecule has 1 saturated heterocycles. The van der Waals surface area contributed by atoms with E-state index in [0.29, 0.717) is 10.6 Å². The summed E-state index contributed by atoms with van der Waals surface area (Å²) in [5.41, 5.74) is 6.88. The van der Waals surface area contributed by atoms with Gasteiger partial charge in [-0.25, -0.2) is 0 Å². The van der Waals surface area contributed by atoms with E-state index in [1.165, 1.54) is 16.9 Å². The van der Waals surface area contributed by atoms with Crippen molar-refractivity contribution < 1.29 is 14.3 Å². The molecule has 0 aliphatic carbocycles. The van der Waals surface area contributed by atoms with Gasteiger partial charge in [0.15, 0.2) is 0 Å². The van der Waals surface area contributed by atoms with Crippen molar-refractivity contribution in [3.8, 4) is 5.75 Å². The number of benzene rings is 1.